The number of unbranched alkanes of at least 4 members (excludes halogenated alkanes) is 1. The fourth-order valence-electron chi connectivity index (χ4n) is 4.18. The number of nitrogens with one attached hydrogen (secondary N) is 1. The zero-order chi connectivity index (χ0) is 24.0. The van der Waals surface area contributed by atoms with Crippen LogP contribution in [0.3, 0.4) is 0 Å². The standard InChI is InChI=1S/C26H33N3O4/c1-4-6-14-28-24(31)26(23(30)21(27)5-2)16-20-15-18(3)12-13-22(20)29(26)25(32)33-17-19-10-8-7-9-11-19/h7-13,15,21H,4-6,14,16-17,27H2,1-3H3,(H,28,31)/t21-,26-/m0/s1. The van der Waals surface area contributed by atoms with E-state index in [0.717, 1.165) is 29.5 Å². The third-order valence-corrected chi connectivity index (χ3v) is 6.07. The van der Waals surface area contributed by atoms with E-state index in [2.05, 4.69) is 5.32 Å². The van der Waals surface area contributed by atoms with Gasteiger partial charge in [-0.3, -0.25) is 14.5 Å². The van der Waals surface area contributed by atoms with Gasteiger partial charge in [0.1, 0.15) is 6.61 Å². The summed E-state index contributed by atoms with van der Waals surface area (Å²) >= 11 is 0. The van der Waals surface area contributed by atoms with Crippen molar-refractivity contribution in [3.8, 4) is 0 Å². The van der Waals surface area contributed by atoms with Gasteiger partial charge in [0.2, 0.25) is 0 Å². The molecular weight excluding hydrogens is 418 g/mol. The summed E-state index contributed by atoms with van der Waals surface area (Å²) in [5.74, 6) is -1.00. The van der Waals surface area contributed by atoms with Gasteiger partial charge in [-0.2, -0.15) is 0 Å². The Hall–Kier alpha value is -3.19. The van der Waals surface area contributed by atoms with Crippen molar-refractivity contribution in [2.75, 3.05) is 11.4 Å². The van der Waals surface area contributed by atoms with Crippen molar-refractivity contribution >= 4 is 23.5 Å². The molecule has 3 N–H and O–H groups in total. The van der Waals surface area contributed by atoms with Gasteiger partial charge in [0.15, 0.2) is 11.3 Å². The predicted octanol–water partition coefficient (Wildman–Crippen LogP) is 3.66. The SMILES string of the molecule is CCCCNC(=O)[C@@]1(C(=O)[C@@H](N)CC)Cc2cc(C)ccc2N1C(=O)OCc1ccccc1. The summed E-state index contributed by atoms with van der Waals surface area (Å²) in [4.78, 5) is 42.0. The molecular formula is C26H33N3O4. The van der Waals surface area contributed by atoms with E-state index in [1.165, 1.54) is 4.90 Å². The van der Waals surface area contributed by atoms with Gasteiger partial charge in [-0.25, -0.2) is 4.79 Å². The summed E-state index contributed by atoms with van der Waals surface area (Å²) in [5.41, 5.74) is 7.40. The second kappa shape index (κ2) is 10.6. The van der Waals surface area contributed by atoms with E-state index in [9.17, 15) is 14.4 Å². The minimum Gasteiger partial charge on any atom is -0.444 e. The maximum Gasteiger partial charge on any atom is 0.415 e. The fourth-order valence-corrected chi connectivity index (χ4v) is 4.18. The van der Waals surface area contributed by atoms with E-state index in [-0.39, 0.29) is 13.0 Å². The number of Topliss-reactive ketones (excluding diaryl/α,β-unsaturated/α-hetero) is 1. The largest absolute Gasteiger partial charge is 0.444 e. The predicted molar refractivity (Wildman–Crippen MR) is 128 cm³/mol. The average Bonchev–Trinajstić information content (AvgIpc) is 3.17. The number of nitrogens with zero attached hydrogens (tertiary/aromatic N) is 1. The molecule has 0 aliphatic carbocycles. The second-order valence-electron chi connectivity index (χ2n) is 8.53. The molecule has 1 aliphatic heterocycles. The number of ketones is 1. The molecule has 1 aliphatic rings. The van der Waals surface area contributed by atoms with Crippen molar-refractivity contribution in [1.82, 2.24) is 5.32 Å². The lowest BCUT2D eigenvalue weighted by molar-refractivity contribution is -0.136. The molecule has 2 aromatic carbocycles. The van der Waals surface area contributed by atoms with Gasteiger partial charge < -0.3 is 15.8 Å². The second-order valence-corrected chi connectivity index (χ2v) is 8.53. The first-order valence-corrected chi connectivity index (χ1v) is 11.5. The Labute approximate surface area is 195 Å². The van der Waals surface area contributed by atoms with E-state index in [4.69, 9.17) is 10.5 Å². The first-order chi connectivity index (χ1) is 15.8. The van der Waals surface area contributed by atoms with Crippen LogP contribution in [0, 0.1) is 6.92 Å². The molecule has 0 bridgehead atoms. The van der Waals surface area contributed by atoms with E-state index >= 15 is 0 Å². The number of nitrogens with two attached hydrogens (primary N) is 1. The molecule has 1 heterocycles. The van der Waals surface area contributed by atoms with Crippen LogP contribution in [-0.2, 0) is 27.4 Å². The molecule has 2 atom stereocenters. The van der Waals surface area contributed by atoms with Crippen LogP contribution in [0.5, 0.6) is 0 Å². The van der Waals surface area contributed by atoms with E-state index < -0.39 is 29.4 Å². The molecule has 0 fully saturated rings. The van der Waals surface area contributed by atoms with Crippen molar-refractivity contribution in [3.05, 3.63) is 65.2 Å². The van der Waals surface area contributed by atoms with Gasteiger partial charge in [0.25, 0.3) is 5.91 Å². The van der Waals surface area contributed by atoms with Crippen molar-refractivity contribution in [2.24, 2.45) is 5.73 Å². The minimum atomic E-state index is -1.78. The lowest BCUT2D eigenvalue weighted by Gasteiger charge is -2.36. The minimum absolute atomic E-state index is 0.0267. The first-order valence-electron chi connectivity index (χ1n) is 11.5. The fraction of sp³-hybridized carbons (Fsp3) is 0.423. The van der Waals surface area contributed by atoms with Crippen LogP contribution < -0.4 is 16.0 Å². The Morgan fingerprint density at radius 1 is 1.15 bits per heavy atom. The quantitative estimate of drug-likeness (QED) is 0.448. The van der Waals surface area contributed by atoms with Crippen LogP contribution in [0.25, 0.3) is 0 Å². The Bertz CT molecular complexity index is 1010. The molecule has 0 aromatic heterocycles. The van der Waals surface area contributed by atoms with Crippen molar-refractivity contribution in [2.45, 2.75) is 64.6 Å². The Morgan fingerprint density at radius 3 is 2.55 bits per heavy atom. The third kappa shape index (κ3) is 4.93. The number of ether oxygens (including phenoxy) is 1. The lowest BCUT2D eigenvalue weighted by atomic mass is 9.83. The molecule has 3 rings (SSSR count). The topological polar surface area (TPSA) is 102 Å². The highest BCUT2D eigenvalue weighted by Crippen LogP contribution is 2.41. The zero-order valence-corrected chi connectivity index (χ0v) is 19.6. The molecule has 0 unspecified atom stereocenters. The van der Waals surface area contributed by atoms with Gasteiger partial charge in [-0.15, -0.1) is 0 Å². The molecule has 0 saturated heterocycles. The number of hydrogen-bond acceptors (Lipinski definition) is 5. The lowest BCUT2D eigenvalue weighted by Crippen LogP contribution is -2.67. The molecule has 0 spiro atoms. The number of hydrogen-bond donors (Lipinski definition) is 2. The number of carbonyl (C=O) groups excluding carboxylic acids is 3. The van der Waals surface area contributed by atoms with Gasteiger partial charge in [0.05, 0.1) is 11.7 Å². The maximum absolute atomic E-state index is 13.7. The molecule has 33 heavy (non-hydrogen) atoms. The molecule has 2 aromatic rings. The first kappa shape index (κ1) is 24.5. The normalized spacial score (nSPS) is 17.9. The number of aryl methyl sites for hydroxylation is 1. The molecule has 7 nitrogen and oxygen atoms in total. The van der Waals surface area contributed by atoms with Gasteiger partial charge in [-0.1, -0.05) is 68.3 Å². The van der Waals surface area contributed by atoms with Crippen molar-refractivity contribution in [1.29, 1.82) is 0 Å². The van der Waals surface area contributed by atoms with E-state index in [1.54, 1.807) is 13.0 Å². The number of fused-ring (bicyclic) bond motifs is 1. The molecule has 0 radical (unpaired) electrons. The molecule has 2 amide bonds. The summed E-state index contributed by atoms with van der Waals surface area (Å²) in [5, 5.41) is 2.87. The van der Waals surface area contributed by atoms with E-state index in [1.807, 2.05) is 56.3 Å². The van der Waals surface area contributed by atoms with Crippen LogP contribution in [0.2, 0.25) is 0 Å². The summed E-state index contributed by atoms with van der Waals surface area (Å²) < 4.78 is 5.61. The highest BCUT2D eigenvalue weighted by molar-refractivity contribution is 6.21. The molecule has 7 heteroatoms. The summed E-state index contributed by atoms with van der Waals surface area (Å²) in [6.45, 7) is 6.17. The number of anilines is 1. The number of benzene rings is 2. The zero-order valence-electron chi connectivity index (χ0n) is 19.6. The smallest absolute Gasteiger partial charge is 0.415 e. The number of rotatable bonds is 9. The van der Waals surface area contributed by atoms with Crippen LogP contribution in [0.1, 0.15) is 49.8 Å². The molecule has 176 valence electrons. The summed E-state index contributed by atoms with van der Waals surface area (Å²) in [6, 6.07) is 13.9. The van der Waals surface area contributed by atoms with Crippen LogP contribution >= 0.6 is 0 Å². The van der Waals surface area contributed by atoms with Gasteiger partial charge in [0, 0.05) is 13.0 Å². The van der Waals surface area contributed by atoms with Gasteiger partial charge in [-0.05, 0) is 37.0 Å². The average molecular weight is 452 g/mol. The van der Waals surface area contributed by atoms with E-state index in [0.29, 0.717) is 18.7 Å². The highest BCUT2D eigenvalue weighted by Gasteiger charge is 2.59. The monoisotopic (exact) mass is 451 g/mol. The summed E-state index contributed by atoms with van der Waals surface area (Å²) in [7, 11) is 0. The third-order valence-electron chi connectivity index (χ3n) is 6.07. The number of carbonyl (C=O) groups is 3. The Kier molecular flexibility index (Phi) is 7.87. The van der Waals surface area contributed by atoms with Crippen LogP contribution in [0.4, 0.5) is 10.5 Å². The Morgan fingerprint density at radius 2 is 1.88 bits per heavy atom. The van der Waals surface area contributed by atoms with Gasteiger partial charge >= 0.3 is 6.09 Å². The van der Waals surface area contributed by atoms with Crippen LogP contribution in [-0.4, -0.2) is 35.9 Å². The molecule has 0 saturated carbocycles. The Balaban J connectivity index is 2.04. The highest BCUT2D eigenvalue weighted by atomic mass is 16.6. The maximum atomic E-state index is 13.7. The number of amides is 2. The van der Waals surface area contributed by atoms with Crippen molar-refractivity contribution < 1.29 is 19.1 Å². The van der Waals surface area contributed by atoms with Crippen LogP contribution in [0.15, 0.2) is 48.5 Å². The summed E-state index contributed by atoms with van der Waals surface area (Å²) in [6.07, 6.45) is 1.32. The van der Waals surface area contributed by atoms with Crippen molar-refractivity contribution in [3.63, 3.8) is 0 Å².